The lowest BCUT2D eigenvalue weighted by atomic mass is 10.0. The fourth-order valence-electron chi connectivity index (χ4n) is 3.86. The van der Waals surface area contributed by atoms with Gasteiger partial charge in [-0.25, -0.2) is 0 Å². The predicted molar refractivity (Wildman–Crippen MR) is 126 cm³/mol. The molecule has 2 heteroatoms. The molecule has 0 saturated heterocycles. The van der Waals surface area contributed by atoms with E-state index >= 15 is 0 Å². The maximum atomic E-state index is 9.55. The topological polar surface area (TPSA) is 23.5 Å². The molecular weight excluding hydrogens is 366 g/mol. The van der Waals surface area contributed by atoms with Gasteiger partial charge in [-0.3, -0.25) is 0 Å². The first-order valence-electron chi connectivity index (χ1n) is 10.0. The van der Waals surface area contributed by atoms with Gasteiger partial charge >= 0.3 is 0 Å². The lowest BCUT2D eigenvalue weighted by molar-refractivity contribution is 0.475. The van der Waals surface area contributed by atoms with Gasteiger partial charge in [-0.1, -0.05) is 78.9 Å². The molecule has 0 unspecified atom stereocenters. The van der Waals surface area contributed by atoms with Crippen LogP contribution in [-0.2, 0) is 0 Å². The third-order valence-electron chi connectivity index (χ3n) is 5.35. The highest BCUT2D eigenvalue weighted by atomic mass is 16.3. The van der Waals surface area contributed by atoms with E-state index in [0.717, 1.165) is 28.2 Å². The van der Waals surface area contributed by atoms with E-state index in [1.165, 1.54) is 10.8 Å². The molecule has 30 heavy (non-hydrogen) atoms. The van der Waals surface area contributed by atoms with Gasteiger partial charge in [0.05, 0.1) is 5.69 Å². The van der Waals surface area contributed by atoms with Crippen LogP contribution in [0.15, 0.2) is 121 Å². The Bertz CT molecular complexity index is 1270. The number of para-hydroxylation sites is 1. The van der Waals surface area contributed by atoms with Crippen molar-refractivity contribution in [1.82, 2.24) is 0 Å². The van der Waals surface area contributed by atoms with Gasteiger partial charge in [0.25, 0.3) is 0 Å². The Morgan fingerprint density at radius 2 is 1.03 bits per heavy atom. The van der Waals surface area contributed by atoms with Crippen molar-refractivity contribution in [3.63, 3.8) is 0 Å². The van der Waals surface area contributed by atoms with E-state index in [1.54, 1.807) is 12.1 Å². The molecule has 0 aliphatic carbocycles. The highest BCUT2D eigenvalue weighted by Crippen LogP contribution is 2.39. The maximum Gasteiger partial charge on any atom is 0.115 e. The van der Waals surface area contributed by atoms with Crippen LogP contribution in [0.4, 0.5) is 17.1 Å². The summed E-state index contributed by atoms with van der Waals surface area (Å²) in [6.45, 7) is 0. The molecule has 5 rings (SSSR count). The summed E-state index contributed by atoms with van der Waals surface area (Å²) in [5.41, 5.74) is 5.56. The van der Waals surface area contributed by atoms with Crippen LogP contribution in [0, 0.1) is 0 Å². The van der Waals surface area contributed by atoms with E-state index in [9.17, 15) is 5.11 Å². The van der Waals surface area contributed by atoms with Crippen LogP contribution in [0.5, 0.6) is 5.75 Å². The fourth-order valence-corrected chi connectivity index (χ4v) is 3.86. The minimum atomic E-state index is 0.279. The molecule has 0 aliphatic rings. The first-order valence-corrected chi connectivity index (χ1v) is 10.0. The van der Waals surface area contributed by atoms with Crippen molar-refractivity contribution in [3.8, 4) is 16.9 Å². The van der Waals surface area contributed by atoms with Gasteiger partial charge in [0, 0.05) is 16.8 Å². The minimum absolute atomic E-state index is 0.279. The van der Waals surface area contributed by atoms with E-state index in [2.05, 4.69) is 95.9 Å². The molecule has 0 saturated carbocycles. The van der Waals surface area contributed by atoms with E-state index in [4.69, 9.17) is 0 Å². The summed E-state index contributed by atoms with van der Waals surface area (Å²) in [6.07, 6.45) is 0. The van der Waals surface area contributed by atoms with E-state index in [1.807, 2.05) is 18.2 Å². The number of hydrogen-bond donors (Lipinski definition) is 1. The van der Waals surface area contributed by atoms with E-state index in [0.29, 0.717) is 0 Å². The van der Waals surface area contributed by atoms with Crippen molar-refractivity contribution in [2.45, 2.75) is 0 Å². The Morgan fingerprint density at radius 3 is 1.77 bits per heavy atom. The standard InChI is InChI=1S/C28H21NO/c30-26-19-15-22(16-20-26)21-13-17-25(18-14-21)29(24-9-2-1-3-10-24)28-12-6-8-23-7-4-5-11-27(23)28/h1-20,30H. The molecule has 0 bridgehead atoms. The number of phenols is 1. The molecule has 0 spiro atoms. The summed E-state index contributed by atoms with van der Waals surface area (Å²) < 4.78 is 0. The molecule has 2 nitrogen and oxygen atoms in total. The third-order valence-corrected chi connectivity index (χ3v) is 5.35. The number of aromatic hydroxyl groups is 1. The Morgan fingerprint density at radius 1 is 0.467 bits per heavy atom. The number of nitrogens with zero attached hydrogens (tertiary/aromatic N) is 1. The average Bonchev–Trinajstić information content (AvgIpc) is 2.81. The molecule has 5 aromatic carbocycles. The van der Waals surface area contributed by atoms with Gasteiger partial charge in [-0.2, -0.15) is 0 Å². The fraction of sp³-hybridized carbons (Fsp3) is 0. The van der Waals surface area contributed by atoms with Gasteiger partial charge in [-0.05, 0) is 59.0 Å². The molecule has 0 atom stereocenters. The zero-order valence-electron chi connectivity index (χ0n) is 16.4. The second-order valence-corrected chi connectivity index (χ2v) is 7.26. The number of anilines is 3. The van der Waals surface area contributed by atoms with E-state index in [-0.39, 0.29) is 5.75 Å². The Hall–Kier alpha value is -4.04. The largest absolute Gasteiger partial charge is 0.508 e. The lowest BCUT2D eigenvalue weighted by Gasteiger charge is -2.27. The summed E-state index contributed by atoms with van der Waals surface area (Å²) in [5, 5.41) is 12.0. The number of phenolic OH excluding ortho intramolecular Hbond substituents is 1. The van der Waals surface area contributed by atoms with Gasteiger partial charge in [-0.15, -0.1) is 0 Å². The Kier molecular flexibility index (Phi) is 4.66. The van der Waals surface area contributed by atoms with Gasteiger partial charge in [0.2, 0.25) is 0 Å². The molecule has 0 aromatic heterocycles. The molecule has 0 aliphatic heterocycles. The van der Waals surface area contributed by atoms with Crippen molar-refractivity contribution in [2.24, 2.45) is 0 Å². The van der Waals surface area contributed by atoms with Gasteiger partial charge < -0.3 is 10.0 Å². The molecule has 1 N–H and O–H groups in total. The van der Waals surface area contributed by atoms with Crippen LogP contribution < -0.4 is 4.90 Å². The molecule has 0 fully saturated rings. The maximum absolute atomic E-state index is 9.55. The van der Waals surface area contributed by atoms with Crippen molar-refractivity contribution >= 4 is 27.8 Å². The van der Waals surface area contributed by atoms with Crippen LogP contribution in [0.1, 0.15) is 0 Å². The molecular formula is C28H21NO. The smallest absolute Gasteiger partial charge is 0.115 e. The summed E-state index contributed by atoms with van der Waals surface area (Å²) in [6, 6.07) is 41.2. The summed E-state index contributed by atoms with van der Waals surface area (Å²) in [7, 11) is 0. The molecule has 0 amide bonds. The van der Waals surface area contributed by atoms with E-state index < -0.39 is 0 Å². The summed E-state index contributed by atoms with van der Waals surface area (Å²) in [4.78, 5) is 2.29. The zero-order chi connectivity index (χ0) is 20.3. The normalized spacial score (nSPS) is 10.8. The third kappa shape index (κ3) is 3.40. The SMILES string of the molecule is Oc1ccc(-c2ccc(N(c3ccccc3)c3cccc4ccccc34)cc2)cc1. The second-order valence-electron chi connectivity index (χ2n) is 7.26. The van der Waals surface area contributed by atoms with Crippen molar-refractivity contribution < 1.29 is 5.11 Å². The molecule has 144 valence electrons. The number of fused-ring (bicyclic) bond motifs is 1. The highest BCUT2D eigenvalue weighted by molar-refractivity contribution is 5.98. The van der Waals surface area contributed by atoms with Crippen LogP contribution in [0.25, 0.3) is 21.9 Å². The van der Waals surface area contributed by atoms with Crippen LogP contribution in [-0.4, -0.2) is 5.11 Å². The first-order chi connectivity index (χ1) is 14.8. The van der Waals surface area contributed by atoms with Gasteiger partial charge in [0.1, 0.15) is 5.75 Å². The van der Waals surface area contributed by atoms with Crippen LogP contribution in [0.2, 0.25) is 0 Å². The number of rotatable bonds is 4. The Labute approximate surface area is 176 Å². The summed E-state index contributed by atoms with van der Waals surface area (Å²) >= 11 is 0. The summed E-state index contributed by atoms with van der Waals surface area (Å²) in [5.74, 6) is 0.279. The highest BCUT2D eigenvalue weighted by Gasteiger charge is 2.14. The molecule has 0 radical (unpaired) electrons. The van der Waals surface area contributed by atoms with Crippen LogP contribution >= 0.6 is 0 Å². The second kappa shape index (κ2) is 7.76. The minimum Gasteiger partial charge on any atom is -0.508 e. The van der Waals surface area contributed by atoms with Crippen molar-refractivity contribution in [1.29, 1.82) is 0 Å². The van der Waals surface area contributed by atoms with Crippen molar-refractivity contribution in [2.75, 3.05) is 4.90 Å². The molecule has 0 heterocycles. The zero-order valence-corrected chi connectivity index (χ0v) is 16.4. The first kappa shape index (κ1) is 18.0. The quantitative estimate of drug-likeness (QED) is 0.342. The molecule has 5 aromatic rings. The Balaban J connectivity index is 1.63. The number of benzene rings is 5. The average molecular weight is 387 g/mol. The van der Waals surface area contributed by atoms with Crippen LogP contribution in [0.3, 0.4) is 0 Å². The number of hydrogen-bond acceptors (Lipinski definition) is 2. The lowest BCUT2D eigenvalue weighted by Crippen LogP contribution is -2.10. The predicted octanol–water partition coefficient (Wildman–Crippen LogP) is 7.68. The monoisotopic (exact) mass is 387 g/mol. The van der Waals surface area contributed by atoms with Gasteiger partial charge in [0.15, 0.2) is 0 Å². The van der Waals surface area contributed by atoms with Crippen molar-refractivity contribution in [3.05, 3.63) is 121 Å².